The molecule has 6 nitrogen and oxygen atoms in total. The predicted molar refractivity (Wildman–Crippen MR) is 53.1 cm³/mol. The molecule has 6 heteroatoms. The van der Waals surface area contributed by atoms with E-state index in [-0.39, 0.29) is 6.54 Å². The Morgan fingerprint density at radius 2 is 1.93 bits per heavy atom. The van der Waals surface area contributed by atoms with Gasteiger partial charge in [-0.05, 0) is 12.1 Å². The van der Waals surface area contributed by atoms with E-state index in [2.05, 4.69) is 10.2 Å². The third kappa shape index (κ3) is 1.94. The first-order valence-electron chi connectivity index (χ1n) is 4.45. The van der Waals surface area contributed by atoms with Crippen LogP contribution in [0.5, 0.6) is 0 Å². The highest BCUT2D eigenvalue weighted by molar-refractivity contribution is 5.74. The number of aliphatic carboxylic acids is 1. The Morgan fingerprint density at radius 1 is 1.40 bits per heavy atom. The number of nitrogens with two attached hydrogens (primary N) is 1. The average molecular weight is 206 g/mol. The number of carbonyl (C=O) groups is 1. The summed E-state index contributed by atoms with van der Waals surface area (Å²) in [6.07, 6.45) is 0. The van der Waals surface area contributed by atoms with Gasteiger partial charge >= 0.3 is 5.97 Å². The summed E-state index contributed by atoms with van der Waals surface area (Å²) in [5.74, 6) is -1.06. The van der Waals surface area contributed by atoms with Crippen molar-refractivity contribution in [2.75, 3.05) is 0 Å². The number of rotatable bonds is 3. The Labute approximate surface area is 85.3 Å². The zero-order valence-corrected chi connectivity index (χ0v) is 7.87. The maximum atomic E-state index is 10.5. The number of hydrogen-bond acceptors (Lipinski definition) is 4. The molecule has 1 atom stereocenters. The van der Waals surface area contributed by atoms with Crippen LogP contribution in [0.2, 0.25) is 0 Å². The Hall–Kier alpha value is -1.95. The summed E-state index contributed by atoms with van der Waals surface area (Å²) in [5, 5.41) is 16.8. The van der Waals surface area contributed by atoms with E-state index < -0.39 is 12.0 Å². The van der Waals surface area contributed by atoms with Crippen LogP contribution in [-0.2, 0) is 11.3 Å². The quantitative estimate of drug-likeness (QED) is 0.727. The van der Waals surface area contributed by atoms with E-state index >= 15 is 0 Å². The second kappa shape index (κ2) is 3.66. The summed E-state index contributed by atoms with van der Waals surface area (Å²) in [6.45, 7) is 0.0734. The van der Waals surface area contributed by atoms with E-state index in [4.69, 9.17) is 10.8 Å². The summed E-state index contributed by atoms with van der Waals surface area (Å²) in [5.41, 5.74) is 6.83. The van der Waals surface area contributed by atoms with Gasteiger partial charge in [0.15, 0.2) is 0 Å². The lowest BCUT2D eigenvalue weighted by molar-refractivity contribution is -0.138. The van der Waals surface area contributed by atoms with E-state index in [0.29, 0.717) is 0 Å². The van der Waals surface area contributed by atoms with E-state index in [0.717, 1.165) is 11.0 Å². The van der Waals surface area contributed by atoms with Crippen molar-refractivity contribution in [1.82, 2.24) is 15.0 Å². The molecule has 0 aliphatic carbocycles. The van der Waals surface area contributed by atoms with Crippen molar-refractivity contribution in [3.8, 4) is 0 Å². The third-order valence-corrected chi connectivity index (χ3v) is 2.01. The molecule has 1 unspecified atom stereocenters. The zero-order valence-electron chi connectivity index (χ0n) is 7.87. The summed E-state index contributed by atoms with van der Waals surface area (Å²) in [7, 11) is 0. The molecule has 0 amide bonds. The van der Waals surface area contributed by atoms with Gasteiger partial charge in [0.1, 0.15) is 17.1 Å². The summed E-state index contributed by atoms with van der Waals surface area (Å²) in [4.78, 5) is 11.8. The molecule has 0 saturated carbocycles. The monoisotopic (exact) mass is 206 g/mol. The summed E-state index contributed by atoms with van der Waals surface area (Å²) in [6, 6.07) is 6.33. The molecule has 1 heterocycles. The first kappa shape index (κ1) is 9.60. The van der Waals surface area contributed by atoms with Crippen molar-refractivity contribution in [3.63, 3.8) is 0 Å². The molecule has 1 aromatic carbocycles. The highest BCUT2D eigenvalue weighted by Crippen LogP contribution is 2.06. The Balaban J connectivity index is 2.26. The Kier molecular flexibility index (Phi) is 2.34. The van der Waals surface area contributed by atoms with Crippen LogP contribution >= 0.6 is 0 Å². The molecule has 0 fully saturated rings. The lowest BCUT2D eigenvalue weighted by Crippen LogP contribution is -2.35. The van der Waals surface area contributed by atoms with Crippen molar-refractivity contribution in [2.45, 2.75) is 12.6 Å². The minimum Gasteiger partial charge on any atom is -0.480 e. The molecule has 2 aromatic rings. The molecule has 1 aromatic heterocycles. The minimum absolute atomic E-state index is 0.0734. The number of carboxylic acids is 1. The summed E-state index contributed by atoms with van der Waals surface area (Å²) >= 11 is 0. The third-order valence-electron chi connectivity index (χ3n) is 2.01. The van der Waals surface area contributed by atoms with Gasteiger partial charge < -0.3 is 10.8 Å². The predicted octanol–water partition coefficient (Wildman–Crippen LogP) is -0.157. The second-order valence-electron chi connectivity index (χ2n) is 3.19. The van der Waals surface area contributed by atoms with E-state index in [1.54, 1.807) is 0 Å². The topological polar surface area (TPSA) is 94.0 Å². The van der Waals surface area contributed by atoms with Crippen LogP contribution in [0.1, 0.15) is 0 Å². The Morgan fingerprint density at radius 3 is 2.40 bits per heavy atom. The number of carboxylic acid groups (broad SMARTS) is 1. The molecular formula is C9H10N4O2. The van der Waals surface area contributed by atoms with E-state index in [9.17, 15) is 4.79 Å². The molecule has 0 aliphatic rings. The van der Waals surface area contributed by atoms with Crippen molar-refractivity contribution in [2.24, 2.45) is 5.73 Å². The molecule has 2 rings (SSSR count). The number of fused-ring (bicyclic) bond motifs is 1. The van der Waals surface area contributed by atoms with Crippen LogP contribution in [0.25, 0.3) is 11.0 Å². The normalized spacial score (nSPS) is 12.9. The lowest BCUT2D eigenvalue weighted by Gasteiger charge is -2.03. The molecular weight excluding hydrogens is 196 g/mol. The molecule has 3 N–H and O–H groups in total. The fourth-order valence-electron chi connectivity index (χ4n) is 1.24. The molecule has 0 aliphatic heterocycles. The molecule has 0 radical (unpaired) electrons. The van der Waals surface area contributed by atoms with E-state index in [1.165, 1.54) is 4.80 Å². The van der Waals surface area contributed by atoms with Gasteiger partial charge in [0.25, 0.3) is 0 Å². The lowest BCUT2D eigenvalue weighted by atomic mass is 10.3. The zero-order chi connectivity index (χ0) is 10.8. The van der Waals surface area contributed by atoms with Crippen molar-refractivity contribution >= 4 is 17.0 Å². The van der Waals surface area contributed by atoms with Crippen LogP contribution in [0.4, 0.5) is 0 Å². The fraction of sp³-hybridized carbons (Fsp3) is 0.222. The maximum Gasteiger partial charge on any atom is 0.322 e. The fourth-order valence-corrected chi connectivity index (χ4v) is 1.24. The van der Waals surface area contributed by atoms with Gasteiger partial charge in [0.05, 0.1) is 6.54 Å². The van der Waals surface area contributed by atoms with Gasteiger partial charge in [-0.25, -0.2) is 0 Å². The smallest absolute Gasteiger partial charge is 0.322 e. The van der Waals surface area contributed by atoms with Gasteiger partial charge in [-0.1, -0.05) is 12.1 Å². The SMILES string of the molecule is NC(Cn1nc2ccccc2n1)C(=O)O. The van der Waals surface area contributed by atoms with Gasteiger partial charge in [-0.2, -0.15) is 15.0 Å². The van der Waals surface area contributed by atoms with Crippen molar-refractivity contribution in [3.05, 3.63) is 24.3 Å². The molecule has 0 spiro atoms. The molecule has 78 valence electrons. The Bertz CT molecular complexity index is 461. The average Bonchev–Trinajstić information content (AvgIpc) is 2.59. The van der Waals surface area contributed by atoms with Crippen molar-refractivity contribution in [1.29, 1.82) is 0 Å². The largest absolute Gasteiger partial charge is 0.480 e. The van der Waals surface area contributed by atoms with Crippen LogP contribution in [0, 0.1) is 0 Å². The van der Waals surface area contributed by atoms with Crippen LogP contribution < -0.4 is 5.73 Å². The van der Waals surface area contributed by atoms with Gasteiger partial charge in [-0.3, -0.25) is 4.79 Å². The number of hydrogen-bond donors (Lipinski definition) is 2. The highest BCUT2D eigenvalue weighted by Gasteiger charge is 2.13. The van der Waals surface area contributed by atoms with Gasteiger partial charge in [0.2, 0.25) is 0 Å². The number of benzene rings is 1. The van der Waals surface area contributed by atoms with Crippen LogP contribution in [-0.4, -0.2) is 32.1 Å². The van der Waals surface area contributed by atoms with Crippen molar-refractivity contribution < 1.29 is 9.90 Å². The van der Waals surface area contributed by atoms with Crippen LogP contribution in [0.3, 0.4) is 0 Å². The molecule has 0 saturated heterocycles. The standard InChI is InChI=1S/C9H10N4O2/c10-6(9(14)15)5-13-11-7-3-1-2-4-8(7)12-13/h1-4,6H,5,10H2,(H,14,15). The first-order chi connectivity index (χ1) is 7.16. The minimum atomic E-state index is -1.06. The molecule has 0 bridgehead atoms. The van der Waals surface area contributed by atoms with Gasteiger partial charge in [-0.15, -0.1) is 0 Å². The first-order valence-corrected chi connectivity index (χ1v) is 4.45. The van der Waals surface area contributed by atoms with Crippen LogP contribution in [0.15, 0.2) is 24.3 Å². The van der Waals surface area contributed by atoms with E-state index in [1.807, 2.05) is 24.3 Å². The highest BCUT2D eigenvalue weighted by atomic mass is 16.4. The second-order valence-corrected chi connectivity index (χ2v) is 3.19. The number of aromatic nitrogens is 3. The summed E-state index contributed by atoms with van der Waals surface area (Å²) < 4.78 is 0. The van der Waals surface area contributed by atoms with Gasteiger partial charge in [0, 0.05) is 0 Å². The maximum absolute atomic E-state index is 10.5. The molecule has 15 heavy (non-hydrogen) atoms. The number of nitrogens with zero attached hydrogens (tertiary/aromatic N) is 3.